The van der Waals surface area contributed by atoms with Crippen LogP contribution in [0.15, 0.2) is 27.8 Å². The predicted octanol–water partition coefficient (Wildman–Crippen LogP) is 2.78. The lowest BCUT2D eigenvalue weighted by molar-refractivity contribution is 0.318. The zero-order chi connectivity index (χ0) is 13.1. The molecular weight excluding hydrogens is 294 g/mol. The smallest absolute Gasteiger partial charge is 0.170 e. The lowest BCUT2D eigenvalue weighted by Gasteiger charge is -2.33. The topological polar surface area (TPSA) is 61.8 Å². The fourth-order valence-electron chi connectivity index (χ4n) is 2.39. The molecule has 1 heterocycles. The molecule has 3 N–H and O–H groups in total. The predicted molar refractivity (Wildman–Crippen MR) is 77.3 cm³/mol. The lowest BCUT2D eigenvalue weighted by atomic mass is 9.99. The Kier molecular flexibility index (Phi) is 4.11. The maximum Gasteiger partial charge on any atom is 0.170 e. The van der Waals surface area contributed by atoms with Gasteiger partial charge in [0.2, 0.25) is 0 Å². The Morgan fingerprint density at radius 3 is 2.94 bits per heavy atom. The van der Waals surface area contributed by atoms with Crippen molar-refractivity contribution in [3.63, 3.8) is 0 Å². The van der Waals surface area contributed by atoms with Gasteiger partial charge in [-0.1, -0.05) is 12.1 Å². The highest BCUT2D eigenvalue weighted by molar-refractivity contribution is 9.10. The van der Waals surface area contributed by atoms with E-state index in [-0.39, 0.29) is 5.84 Å². The Morgan fingerprint density at radius 2 is 2.33 bits per heavy atom. The van der Waals surface area contributed by atoms with E-state index in [1.807, 2.05) is 18.2 Å². The average Bonchev–Trinajstić information content (AvgIpc) is 2.37. The minimum Gasteiger partial charge on any atom is -0.409 e. The van der Waals surface area contributed by atoms with E-state index < -0.39 is 0 Å². The van der Waals surface area contributed by atoms with E-state index in [2.05, 4.69) is 32.9 Å². The van der Waals surface area contributed by atoms with E-state index in [0.29, 0.717) is 0 Å². The number of rotatable bonds is 2. The van der Waals surface area contributed by atoms with Gasteiger partial charge in [-0.3, -0.25) is 0 Å². The minimum atomic E-state index is 0.134. The monoisotopic (exact) mass is 311 g/mol. The van der Waals surface area contributed by atoms with Crippen molar-refractivity contribution in [2.24, 2.45) is 16.8 Å². The van der Waals surface area contributed by atoms with Crippen molar-refractivity contribution < 1.29 is 5.21 Å². The summed E-state index contributed by atoms with van der Waals surface area (Å²) in [6.07, 6.45) is 2.53. The van der Waals surface area contributed by atoms with Crippen molar-refractivity contribution in [3.8, 4) is 0 Å². The van der Waals surface area contributed by atoms with Gasteiger partial charge in [0.1, 0.15) is 0 Å². The summed E-state index contributed by atoms with van der Waals surface area (Å²) in [5, 5.41) is 11.7. The number of amidine groups is 1. The Balaban J connectivity index is 2.24. The van der Waals surface area contributed by atoms with Gasteiger partial charge in [-0.05, 0) is 52.9 Å². The first kappa shape index (κ1) is 13.2. The van der Waals surface area contributed by atoms with Gasteiger partial charge in [0.05, 0.1) is 5.69 Å². The Morgan fingerprint density at radius 1 is 1.56 bits per heavy atom. The van der Waals surface area contributed by atoms with Crippen LogP contribution in [-0.4, -0.2) is 24.1 Å². The van der Waals surface area contributed by atoms with Crippen molar-refractivity contribution in [3.05, 3.63) is 28.2 Å². The number of hydrogen-bond acceptors (Lipinski definition) is 3. The van der Waals surface area contributed by atoms with Crippen LogP contribution in [0.25, 0.3) is 0 Å². The van der Waals surface area contributed by atoms with Crippen LogP contribution in [-0.2, 0) is 0 Å². The van der Waals surface area contributed by atoms with E-state index in [9.17, 15) is 0 Å². The lowest BCUT2D eigenvalue weighted by Crippen LogP contribution is -2.34. The summed E-state index contributed by atoms with van der Waals surface area (Å²) in [5.74, 6) is 0.865. The molecule has 4 nitrogen and oxygen atoms in total. The van der Waals surface area contributed by atoms with E-state index in [1.165, 1.54) is 18.5 Å². The second-order valence-electron chi connectivity index (χ2n) is 4.84. The summed E-state index contributed by atoms with van der Waals surface area (Å²) in [7, 11) is 0. The zero-order valence-corrected chi connectivity index (χ0v) is 12.0. The van der Waals surface area contributed by atoms with E-state index in [1.54, 1.807) is 0 Å². The molecule has 1 saturated heterocycles. The highest BCUT2D eigenvalue weighted by atomic mass is 79.9. The number of nitrogens with two attached hydrogens (primary N) is 1. The summed E-state index contributed by atoms with van der Waals surface area (Å²) >= 11 is 3.57. The van der Waals surface area contributed by atoms with Gasteiger partial charge in [-0.2, -0.15) is 0 Å². The standard InChI is InChI=1S/C13H18BrN3O/c1-9-3-2-6-17(8-9)12-5-4-10(7-11(12)14)13(15)16-18/h4-5,7,9,18H,2-3,6,8H2,1H3,(H2,15,16). The normalized spacial score (nSPS) is 21.1. The number of halogens is 1. The Labute approximate surface area is 116 Å². The van der Waals surface area contributed by atoms with E-state index in [0.717, 1.165) is 29.0 Å². The van der Waals surface area contributed by atoms with Gasteiger partial charge in [0, 0.05) is 23.1 Å². The average molecular weight is 312 g/mol. The summed E-state index contributed by atoms with van der Waals surface area (Å²) < 4.78 is 0.987. The number of oxime groups is 1. The SMILES string of the molecule is CC1CCCN(c2ccc(/C(N)=N/O)cc2Br)C1. The van der Waals surface area contributed by atoms with Gasteiger partial charge in [-0.15, -0.1) is 0 Å². The molecule has 1 unspecified atom stereocenters. The third-order valence-electron chi connectivity index (χ3n) is 3.35. The molecule has 1 atom stereocenters. The molecule has 0 bridgehead atoms. The van der Waals surface area contributed by atoms with Crippen LogP contribution in [0.5, 0.6) is 0 Å². The maximum absolute atomic E-state index is 8.67. The first-order valence-corrected chi connectivity index (χ1v) is 6.93. The van der Waals surface area contributed by atoms with Gasteiger partial charge in [0.15, 0.2) is 5.84 Å². The van der Waals surface area contributed by atoms with Crippen LogP contribution in [0.3, 0.4) is 0 Å². The quantitative estimate of drug-likeness (QED) is 0.382. The van der Waals surface area contributed by atoms with Crippen LogP contribution in [0, 0.1) is 5.92 Å². The first-order valence-electron chi connectivity index (χ1n) is 6.14. The molecule has 1 fully saturated rings. The van der Waals surface area contributed by atoms with E-state index in [4.69, 9.17) is 10.9 Å². The van der Waals surface area contributed by atoms with Crippen LogP contribution in [0.2, 0.25) is 0 Å². The van der Waals surface area contributed by atoms with Gasteiger partial charge in [0.25, 0.3) is 0 Å². The molecule has 1 aromatic carbocycles. The molecule has 0 saturated carbocycles. The van der Waals surface area contributed by atoms with E-state index >= 15 is 0 Å². The van der Waals surface area contributed by atoms with Crippen molar-refractivity contribution in [2.45, 2.75) is 19.8 Å². The van der Waals surface area contributed by atoms with Crippen molar-refractivity contribution in [1.29, 1.82) is 0 Å². The number of piperidine rings is 1. The fourth-order valence-corrected chi connectivity index (χ4v) is 3.02. The molecule has 0 aromatic heterocycles. The molecular formula is C13H18BrN3O. The summed E-state index contributed by atoms with van der Waals surface area (Å²) in [6, 6.07) is 5.80. The molecule has 0 amide bonds. The molecule has 1 aliphatic rings. The molecule has 2 rings (SSSR count). The highest BCUT2D eigenvalue weighted by Gasteiger charge is 2.18. The van der Waals surface area contributed by atoms with Crippen molar-refractivity contribution >= 4 is 27.5 Å². The first-order chi connectivity index (χ1) is 8.61. The number of nitrogens with zero attached hydrogens (tertiary/aromatic N) is 2. The van der Waals surface area contributed by atoms with Crippen molar-refractivity contribution in [2.75, 3.05) is 18.0 Å². The van der Waals surface area contributed by atoms with Crippen LogP contribution in [0.1, 0.15) is 25.3 Å². The summed E-state index contributed by atoms with van der Waals surface area (Å²) in [5.41, 5.74) is 7.48. The maximum atomic E-state index is 8.67. The minimum absolute atomic E-state index is 0.134. The summed E-state index contributed by atoms with van der Waals surface area (Å²) in [4.78, 5) is 2.38. The highest BCUT2D eigenvalue weighted by Crippen LogP contribution is 2.30. The molecule has 5 heteroatoms. The Hall–Kier alpha value is -1.23. The van der Waals surface area contributed by atoms with Crippen LogP contribution >= 0.6 is 15.9 Å². The molecule has 0 radical (unpaired) electrons. The molecule has 98 valence electrons. The molecule has 18 heavy (non-hydrogen) atoms. The van der Waals surface area contributed by atoms with Gasteiger partial charge < -0.3 is 15.8 Å². The summed E-state index contributed by atoms with van der Waals surface area (Å²) in [6.45, 7) is 4.46. The molecule has 1 aliphatic heterocycles. The largest absolute Gasteiger partial charge is 0.409 e. The number of benzene rings is 1. The van der Waals surface area contributed by atoms with Crippen molar-refractivity contribution in [1.82, 2.24) is 0 Å². The number of anilines is 1. The molecule has 0 spiro atoms. The molecule has 1 aromatic rings. The third kappa shape index (κ3) is 2.77. The zero-order valence-electron chi connectivity index (χ0n) is 10.4. The van der Waals surface area contributed by atoms with Crippen LogP contribution < -0.4 is 10.6 Å². The van der Waals surface area contributed by atoms with Gasteiger partial charge >= 0.3 is 0 Å². The third-order valence-corrected chi connectivity index (χ3v) is 3.98. The fraction of sp³-hybridized carbons (Fsp3) is 0.462. The second-order valence-corrected chi connectivity index (χ2v) is 5.70. The van der Waals surface area contributed by atoms with Gasteiger partial charge in [-0.25, -0.2) is 0 Å². The second kappa shape index (κ2) is 5.61. The van der Waals surface area contributed by atoms with Crippen LogP contribution in [0.4, 0.5) is 5.69 Å². The number of hydrogen-bond donors (Lipinski definition) is 2. The molecule has 0 aliphatic carbocycles. The Bertz CT molecular complexity index is 462.